The molecule has 0 spiro atoms. The van der Waals surface area contributed by atoms with Crippen molar-refractivity contribution < 1.29 is 9.53 Å². The van der Waals surface area contributed by atoms with E-state index < -0.39 is 0 Å². The Morgan fingerprint density at radius 2 is 2.31 bits per heavy atom. The molecule has 3 heteroatoms. The first-order valence-electron chi connectivity index (χ1n) is 5.83. The summed E-state index contributed by atoms with van der Waals surface area (Å²) < 4.78 is 5.59. The molecule has 1 N–H and O–H groups in total. The molecule has 86 valence electrons. The molecule has 1 aliphatic heterocycles. The van der Waals surface area contributed by atoms with Gasteiger partial charge in [0.2, 0.25) is 0 Å². The molecule has 0 radical (unpaired) electrons. The molecule has 3 nitrogen and oxygen atoms in total. The van der Waals surface area contributed by atoms with Crippen molar-refractivity contribution >= 4 is 5.91 Å². The molecule has 1 aromatic rings. The Kier molecular flexibility index (Phi) is 3.44. The number of nitrogens with one attached hydrogen (secondary N) is 1. The lowest BCUT2D eigenvalue weighted by molar-refractivity contribution is -0.127. The van der Waals surface area contributed by atoms with Crippen LogP contribution in [0.15, 0.2) is 24.3 Å². The number of benzene rings is 1. The average molecular weight is 219 g/mol. The maximum Gasteiger partial charge on any atom is 0.261 e. The minimum Gasteiger partial charge on any atom is -0.480 e. The molecule has 1 aliphatic rings. The Balaban J connectivity index is 1.88. The van der Waals surface area contributed by atoms with Crippen LogP contribution in [-0.2, 0) is 11.2 Å². The molecule has 0 saturated heterocycles. The Morgan fingerprint density at radius 3 is 3.06 bits per heavy atom. The van der Waals surface area contributed by atoms with Gasteiger partial charge in [-0.3, -0.25) is 4.79 Å². The number of hydrogen-bond acceptors (Lipinski definition) is 2. The van der Waals surface area contributed by atoms with Crippen molar-refractivity contribution in [2.75, 3.05) is 6.54 Å². The van der Waals surface area contributed by atoms with E-state index in [1.54, 1.807) is 0 Å². The van der Waals surface area contributed by atoms with E-state index in [-0.39, 0.29) is 12.0 Å². The summed E-state index contributed by atoms with van der Waals surface area (Å²) in [6, 6.07) is 7.82. The Morgan fingerprint density at radius 1 is 1.50 bits per heavy atom. The summed E-state index contributed by atoms with van der Waals surface area (Å²) >= 11 is 0. The zero-order chi connectivity index (χ0) is 11.4. The van der Waals surface area contributed by atoms with Crippen molar-refractivity contribution in [1.82, 2.24) is 5.32 Å². The van der Waals surface area contributed by atoms with Gasteiger partial charge >= 0.3 is 0 Å². The van der Waals surface area contributed by atoms with Crippen LogP contribution in [0, 0.1) is 0 Å². The van der Waals surface area contributed by atoms with Crippen molar-refractivity contribution in [2.45, 2.75) is 32.3 Å². The molecule has 2 rings (SSSR count). The number of carbonyl (C=O) groups excluding carboxylic acids is 1. The van der Waals surface area contributed by atoms with E-state index in [1.165, 1.54) is 0 Å². The zero-order valence-corrected chi connectivity index (χ0v) is 9.53. The Hall–Kier alpha value is -1.51. The molecule has 1 aromatic carbocycles. The first kappa shape index (κ1) is 11.0. The van der Waals surface area contributed by atoms with Crippen molar-refractivity contribution in [2.24, 2.45) is 0 Å². The summed E-state index contributed by atoms with van der Waals surface area (Å²) in [5, 5.41) is 2.90. The van der Waals surface area contributed by atoms with Crippen LogP contribution in [0.25, 0.3) is 0 Å². The molecule has 1 unspecified atom stereocenters. The number of carbonyl (C=O) groups is 1. The Bertz CT molecular complexity index is 351. The molecule has 0 aromatic heterocycles. The second-order valence-corrected chi connectivity index (χ2v) is 4.06. The monoisotopic (exact) mass is 219 g/mol. The Labute approximate surface area is 95.8 Å². The highest BCUT2D eigenvalue weighted by atomic mass is 16.5. The van der Waals surface area contributed by atoms with E-state index in [0.717, 1.165) is 30.7 Å². The third kappa shape index (κ3) is 2.35. The molecule has 0 bridgehead atoms. The number of rotatable bonds is 4. The molecule has 1 amide bonds. The summed E-state index contributed by atoms with van der Waals surface area (Å²) in [4.78, 5) is 11.8. The lowest BCUT2D eigenvalue weighted by Crippen LogP contribution is -2.37. The van der Waals surface area contributed by atoms with Crippen LogP contribution in [0.5, 0.6) is 5.75 Å². The molecule has 1 atom stereocenters. The van der Waals surface area contributed by atoms with Crippen LogP contribution < -0.4 is 10.1 Å². The second-order valence-electron chi connectivity index (χ2n) is 4.06. The lowest BCUT2D eigenvalue weighted by atomic mass is 10.1. The number of ether oxygens (including phenoxy) is 1. The molecule has 0 saturated carbocycles. The number of fused-ring (bicyclic) bond motifs is 1. The van der Waals surface area contributed by atoms with Crippen molar-refractivity contribution in [3.8, 4) is 5.75 Å². The molecule has 0 aliphatic carbocycles. The predicted octanol–water partition coefficient (Wildman–Crippen LogP) is 1.91. The highest BCUT2D eigenvalue weighted by Crippen LogP contribution is 2.27. The normalized spacial score (nSPS) is 17.7. The van der Waals surface area contributed by atoms with E-state index in [9.17, 15) is 4.79 Å². The largest absolute Gasteiger partial charge is 0.480 e. The van der Waals surface area contributed by atoms with Crippen LogP contribution in [0.2, 0.25) is 0 Å². The van der Waals surface area contributed by atoms with Crippen LogP contribution >= 0.6 is 0 Å². The number of hydrogen-bond donors (Lipinski definition) is 1. The smallest absolute Gasteiger partial charge is 0.261 e. The molecule has 0 fully saturated rings. The third-order valence-corrected chi connectivity index (χ3v) is 2.77. The van der Waals surface area contributed by atoms with Gasteiger partial charge in [-0.2, -0.15) is 0 Å². The van der Waals surface area contributed by atoms with Crippen molar-refractivity contribution in [3.63, 3.8) is 0 Å². The van der Waals surface area contributed by atoms with E-state index in [1.807, 2.05) is 24.3 Å². The maximum atomic E-state index is 11.8. The zero-order valence-electron chi connectivity index (χ0n) is 9.53. The van der Waals surface area contributed by atoms with Gasteiger partial charge in [0, 0.05) is 13.0 Å². The number of para-hydroxylation sites is 1. The van der Waals surface area contributed by atoms with Gasteiger partial charge in [0.25, 0.3) is 5.91 Å². The van der Waals surface area contributed by atoms with Crippen molar-refractivity contribution in [3.05, 3.63) is 29.8 Å². The molecular formula is C13H17NO2. The first-order chi connectivity index (χ1) is 7.81. The third-order valence-electron chi connectivity index (χ3n) is 2.77. The molecular weight excluding hydrogens is 202 g/mol. The van der Waals surface area contributed by atoms with Gasteiger partial charge < -0.3 is 10.1 Å². The van der Waals surface area contributed by atoms with Crippen LogP contribution in [0.3, 0.4) is 0 Å². The van der Waals surface area contributed by atoms with Gasteiger partial charge in [-0.1, -0.05) is 31.5 Å². The van der Waals surface area contributed by atoms with E-state index >= 15 is 0 Å². The fourth-order valence-corrected chi connectivity index (χ4v) is 1.83. The van der Waals surface area contributed by atoms with Gasteiger partial charge in [-0.25, -0.2) is 0 Å². The highest BCUT2D eigenvalue weighted by molar-refractivity contribution is 5.82. The highest BCUT2D eigenvalue weighted by Gasteiger charge is 2.28. The maximum absolute atomic E-state index is 11.8. The predicted molar refractivity (Wildman–Crippen MR) is 62.5 cm³/mol. The SMILES string of the molecule is CCCCNC(=O)C1Cc2ccccc2O1. The van der Waals surface area contributed by atoms with Gasteiger partial charge in [0.05, 0.1) is 0 Å². The lowest BCUT2D eigenvalue weighted by Gasteiger charge is -2.10. The van der Waals surface area contributed by atoms with Crippen LogP contribution in [0.4, 0.5) is 0 Å². The van der Waals surface area contributed by atoms with E-state index in [4.69, 9.17) is 4.74 Å². The molecule has 1 heterocycles. The van der Waals surface area contributed by atoms with Crippen LogP contribution in [0.1, 0.15) is 25.3 Å². The second kappa shape index (κ2) is 5.01. The standard InChI is InChI=1S/C13H17NO2/c1-2-3-8-14-13(15)12-9-10-6-4-5-7-11(10)16-12/h4-7,12H,2-3,8-9H2,1H3,(H,14,15). The molecule has 16 heavy (non-hydrogen) atoms. The fourth-order valence-electron chi connectivity index (χ4n) is 1.83. The summed E-state index contributed by atoms with van der Waals surface area (Å²) in [6.45, 7) is 2.85. The van der Waals surface area contributed by atoms with Gasteiger partial charge in [0.15, 0.2) is 6.10 Å². The van der Waals surface area contributed by atoms with E-state index in [2.05, 4.69) is 12.2 Å². The van der Waals surface area contributed by atoms with Gasteiger partial charge in [-0.15, -0.1) is 0 Å². The average Bonchev–Trinajstić information content (AvgIpc) is 2.73. The van der Waals surface area contributed by atoms with Gasteiger partial charge in [0.1, 0.15) is 5.75 Å². The number of unbranched alkanes of at least 4 members (excludes halogenated alkanes) is 1. The minimum atomic E-state index is -0.339. The minimum absolute atomic E-state index is 0.00431. The van der Waals surface area contributed by atoms with Gasteiger partial charge in [-0.05, 0) is 18.1 Å². The fraction of sp³-hybridized carbons (Fsp3) is 0.462. The van der Waals surface area contributed by atoms with Crippen molar-refractivity contribution in [1.29, 1.82) is 0 Å². The topological polar surface area (TPSA) is 38.3 Å². The van der Waals surface area contributed by atoms with E-state index in [0.29, 0.717) is 6.42 Å². The summed E-state index contributed by atoms with van der Waals surface area (Å²) in [6.07, 6.45) is 2.46. The summed E-state index contributed by atoms with van der Waals surface area (Å²) in [5.74, 6) is 0.850. The quantitative estimate of drug-likeness (QED) is 0.785. The summed E-state index contributed by atoms with van der Waals surface area (Å²) in [7, 11) is 0. The van der Waals surface area contributed by atoms with Crippen LogP contribution in [-0.4, -0.2) is 18.6 Å². The number of amides is 1. The first-order valence-corrected chi connectivity index (χ1v) is 5.83. The summed E-state index contributed by atoms with van der Waals surface area (Å²) in [5.41, 5.74) is 1.12.